The second-order valence-corrected chi connectivity index (χ2v) is 6.26. The van der Waals surface area contributed by atoms with E-state index in [2.05, 4.69) is 45.2 Å². The Morgan fingerprint density at radius 1 is 1.26 bits per heavy atom. The number of hydrogen-bond donors (Lipinski definition) is 1. The van der Waals surface area contributed by atoms with Crippen molar-refractivity contribution in [3.05, 3.63) is 47.0 Å². The van der Waals surface area contributed by atoms with Gasteiger partial charge in [0.25, 0.3) is 0 Å². The van der Waals surface area contributed by atoms with E-state index >= 15 is 0 Å². The van der Waals surface area contributed by atoms with Gasteiger partial charge in [0.2, 0.25) is 5.91 Å². The molecule has 1 aromatic heterocycles. The second-order valence-electron chi connectivity index (χ2n) is 6.26. The Hall–Kier alpha value is -2.17. The number of carbonyl (C=O) groups excluding carboxylic acids is 1. The van der Waals surface area contributed by atoms with Crippen molar-refractivity contribution in [2.75, 3.05) is 0 Å². The fraction of sp³-hybridized carbons (Fsp3) is 0.500. The van der Waals surface area contributed by atoms with E-state index in [-0.39, 0.29) is 5.91 Å². The first-order valence-electron chi connectivity index (χ1n) is 8.45. The van der Waals surface area contributed by atoms with Crippen LogP contribution in [0.1, 0.15) is 48.5 Å². The number of aromatic nitrogens is 3. The summed E-state index contributed by atoms with van der Waals surface area (Å²) in [7, 11) is 0. The van der Waals surface area contributed by atoms with E-state index in [0.29, 0.717) is 13.0 Å². The normalized spacial score (nSPS) is 14.1. The molecule has 0 saturated heterocycles. The van der Waals surface area contributed by atoms with E-state index in [0.717, 1.165) is 31.0 Å². The molecule has 23 heavy (non-hydrogen) atoms. The predicted molar refractivity (Wildman–Crippen MR) is 88.9 cm³/mol. The zero-order chi connectivity index (χ0) is 16.1. The first-order chi connectivity index (χ1) is 11.2. The molecule has 0 radical (unpaired) electrons. The molecule has 2 heterocycles. The molecule has 1 amide bonds. The van der Waals surface area contributed by atoms with Crippen molar-refractivity contribution in [2.24, 2.45) is 0 Å². The summed E-state index contributed by atoms with van der Waals surface area (Å²) in [5, 5.41) is 11.5. The average molecular weight is 312 g/mol. The van der Waals surface area contributed by atoms with Gasteiger partial charge in [0.05, 0.1) is 6.54 Å². The highest BCUT2D eigenvalue weighted by Crippen LogP contribution is 2.14. The first kappa shape index (κ1) is 15.7. The van der Waals surface area contributed by atoms with E-state index in [1.807, 2.05) is 6.07 Å². The minimum absolute atomic E-state index is 0.0671. The molecule has 0 unspecified atom stereocenters. The lowest BCUT2D eigenvalue weighted by atomic mass is 10.1. The Balaban J connectivity index is 1.50. The van der Waals surface area contributed by atoms with Crippen molar-refractivity contribution in [1.29, 1.82) is 0 Å². The van der Waals surface area contributed by atoms with Crippen LogP contribution in [0.15, 0.2) is 24.3 Å². The zero-order valence-electron chi connectivity index (χ0n) is 13.7. The lowest BCUT2D eigenvalue weighted by molar-refractivity contribution is -0.121. The largest absolute Gasteiger partial charge is 0.349 e. The predicted octanol–water partition coefficient (Wildman–Crippen LogP) is 2.56. The molecule has 0 fully saturated rings. The highest BCUT2D eigenvalue weighted by Gasteiger charge is 2.15. The number of nitrogens with zero attached hydrogens (tertiary/aromatic N) is 3. The van der Waals surface area contributed by atoms with E-state index in [1.165, 1.54) is 30.4 Å². The maximum atomic E-state index is 12.1. The summed E-state index contributed by atoms with van der Waals surface area (Å²) in [6.07, 6.45) is 5.86. The average Bonchev–Trinajstić information content (AvgIpc) is 2.77. The summed E-state index contributed by atoms with van der Waals surface area (Å²) >= 11 is 0. The van der Waals surface area contributed by atoms with Gasteiger partial charge in [-0.15, -0.1) is 10.2 Å². The summed E-state index contributed by atoms with van der Waals surface area (Å²) in [6.45, 7) is 3.51. The van der Waals surface area contributed by atoms with Crippen LogP contribution in [-0.2, 0) is 30.7 Å². The third-order valence-corrected chi connectivity index (χ3v) is 4.35. The Morgan fingerprint density at radius 2 is 2.17 bits per heavy atom. The van der Waals surface area contributed by atoms with Gasteiger partial charge in [-0.2, -0.15) is 0 Å². The minimum atomic E-state index is 0.0671. The molecule has 122 valence electrons. The fourth-order valence-electron chi connectivity index (χ4n) is 3.07. The lowest BCUT2D eigenvalue weighted by Gasteiger charge is -2.08. The number of hydrogen-bond acceptors (Lipinski definition) is 3. The molecule has 1 aromatic carbocycles. The molecule has 2 aromatic rings. The standard InChI is InChI=1S/C18H24N4O/c1-14-6-5-7-15(12-14)9-10-18(23)19-13-17-21-20-16-8-3-2-4-11-22(16)17/h5-7,12H,2-4,8-11,13H2,1H3,(H,19,23). The molecule has 0 spiro atoms. The van der Waals surface area contributed by atoms with Crippen LogP contribution in [0.2, 0.25) is 0 Å². The monoisotopic (exact) mass is 312 g/mol. The summed E-state index contributed by atoms with van der Waals surface area (Å²) < 4.78 is 2.17. The molecule has 5 nitrogen and oxygen atoms in total. The number of rotatable bonds is 5. The highest BCUT2D eigenvalue weighted by atomic mass is 16.1. The van der Waals surface area contributed by atoms with Gasteiger partial charge in [-0.3, -0.25) is 4.79 Å². The van der Waals surface area contributed by atoms with E-state index < -0.39 is 0 Å². The van der Waals surface area contributed by atoms with E-state index in [4.69, 9.17) is 0 Å². The summed E-state index contributed by atoms with van der Waals surface area (Å²) in [6, 6.07) is 8.30. The topological polar surface area (TPSA) is 59.8 Å². The van der Waals surface area contributed by atoms with Gasteiger partial charge in [0.1, 0.15) is 5.82 Å². The van der Waals surface area contributed by atoms with Crippen LogP contribution in [0.25, 0.3) is 0 Å². The molecule has 1 N–H and O–H groups in total. The van der Waals surface area contributed by atoms with Gasteiger partial charge in [-0.1, -0.05) is 36.2 Å². The van der Waals surface area contributed by atoms with Crippen LogP contribution in [0.4, 0.5) is 0 Å². The van der Waals surface area contributed by atoms with Crippen molar-refractivity contribution in [3.63, 3.8) is 0 Å². The van der Waals surface area contributed by atoms with Crippen molar-refractivity contribution in [2.45, 2.75) is 58.5 Å². The van der Waals surface area contributed by atoms with Gasteiger partial charge < -0.3 is 9.88 Å². The van der Waals surface area contributed by atoms with E-state index in [9.17, 15) is 4.79 Å². The summed E-state index contributed by atoms with van der Waals surface area (Å²) in [5.74, 6) is 2.01. The highest BCUT2D eigenvalue weighted by molar-refractivity contribution is 5.76. The molecule has 1 aliphatic heterocycles. The van der Waals surface area contributed by atoms with Gasteiger partial charge in [-0.05, 0) is 31.7 Å². The maximum Gasteiger partial charge on any atom is 0.220 e. The number of amides is 1. The van der Waals surface area contributed by atoms with Gasteiger partial charge in [0.15, 0.2) is 5.82 Å². The molecule has 0 bridgehead atoms. The molecular weight excluding hydrogens is 288 g/mol. The summed E-state index contributed by atoms with van der Waals surface area (Å²) in [5.41, 5.74) is 2.44. The number of aryl methyl sites for hydroxylation is 3. The van der Waals surface area contributed by atoms with Crippen molar-refractivity contribution in [1.82, 2.24) is 20.1 Å². The van der Waals surface area contributed by atoms with Crippen LogP contribution in [-0.4, -0.2) is 20.7 Å². The van der Waals surface area contributed by atoms with Gasteiger partial charge >= 0.3 is 0 Å². The third kappa shape index (κ3) is 4.18. The van der Waals surface area contributed by atoms with Crippen LogP contribution in [0.3, 0.4) is 0 Å². The molecule has 0 atom stereocenters. The van der Waals surface area contributed by atoms with Gasteiger partial charge in [-0.25, -0.2) is 0 Å². The van der Waals surface area contributed by atoms with E-state index in [1.54, 1.807) is 0 Å². The smallest absolute Gasteiger partial charge is 0.220 e. The minimum Gasteiger partial charge on any atom is -0.349 e. The first-order valence-corrected chi connectivity index (χ1v) is 8.45. The Kier molecular flexibility index (Phi) is 5.05. The fourth-order valence-corrected chi connectivity index (χ4v) is 3.07. The molecule has 0 saturated carbocycles. The van der Waals surface area contributed by atoms with Gasteiger partial charge in [0, 0.05) is 19.4 Å². The van der Waals surface area contributed by atoms with Crippen LogP contribution in [0.5, 0.6) is 0 Å². The number of benzene rings is 1. The molecule has 0 aliphatic carbocycles. The molecule has 3 rings (SSSR count). The van der Waals surface area contributed by atoms with Crippen molar-refractivity contribution in [3.8, 4) is 0 Å². The van der Waals surface area contributed by atoms with Crippen molar-refractivity contribution < 1.29 is 4.79 Å². The zero-order valence-corrected chi connectivity index (χ0v) is 13.7. The quantitative estimate of drug-likeness (QED) is 0.923. The Labute approximate surface area is 137 Å². The van der Waals surface area contributed by atoms with Crippen LogP contribution in [0, 0.1) is 6.92 Å². The maximum absolute atomic E-state index is 12.1. The molecule has 5 heteroatoms. The number of fused-ring (bicyclic) bond motifs is 1. The number of nitrogens with one attached hydrogen (secondary N) is 1. The third-order valence-electron chi connectivity index (χ3n) is 4.35. The SMILES string of the molecule is Cc1cccc(CCC(=O)NCc2nnc3n2CCCCC3)c1. The van der Waals surface area contributed by atoms with Crippen LogP contribution >= 0.6 is 0 Å². The summed E-state index contributed by atoms with van der Waals surface area (Å²) in [4.78, 5) is 12.1. The Morgan fingerprint density at radius 3 is 3.04 bits per heavy atom. The lowest BCUT2D eigenvalue weighted by Crippen LogP contribution is -2.25. The molecular formula is C18H24N4O. The molecule has 1 aliphatic rings. The number of carbonyl (C=O) groups is 1. The Bertz CT molecular complexity index is 677. The second kappa shape index (κ2) is 7.40. The van der Waals surface area contributed by atoms with Crippen molar-refractivity contribution >= 4 is 5.91 Å². The van der Waals surface area contributed by atoms with Crippen LogP contribution < -0.4 is 5.32 Å².